The second-order valence-electron chi connectivity index (χ2n) is 8.67. The fraction of sp³-hybridized carbons (Fsp3) is 0.333. The van der Waals surface area contributed by atoms with Crippen molar-refractivity contribution in [2.75, 3.05) is 12.4 Å². The lowest BCUT2D eigenvalue weighted by Gasteiger charge is -2.31. The zero-order valence-corrected chi connectivity index (χ0v) is 19.0. The van der Waals surface area contributed by atoms with Crippen LogP contribution < -0.4 is 10.6 Å². The lowest BCUT2D eigenvalue weighted by Crippen LogP contribution is -2.33. The Kier molecular flexibility index (Phi) is 7.58. The van der Waals surface area contributed by atoms with Gasteiger partial charge in [-0.05, 0) is 61.3 Å². The van der Waals surface area contributed by atoms with E-state index in [1.165, 1.54) is 43.9 Å². The van der Waals surface area contributed by atoms with Crippen LogP contribution in [0.25, 0.3) is 0 Å². The Labute approximate surface area is 195 Å². The second-order valence-corrected chi connectivity index (χ2v) is 8.67. The van der Waals surface area contributed by atoms with Crippen molar-refractivity contribution in [3.05, 3.63) is 89.4 Å². The van der Waals surface area contributed by atoms with E-state index < -0.39 is 0 Å². The van der Waals surface area contributed by atoms with Gasteiger partial charge in [-0.25, -0.2) is 0 Å². The van der Waals surface area contributed by atoms with Crippen molar-refractivity contribution >= 4 is 17.5 Å². The van der Waals surface area contributed by atoms with Crippen LogP contribution in [0.4, 0.5) is 5.69 Å². The molecule has 0 atom stereocenters. The molecule has 0 saturated heterocycles. The van der Waals surface area contributed by atoms with Gasteiger partial charge in [0.05, 0.1) is 6.26 Å². The van der Waals surface area contributed by atoms with E-state index >= 15 is 0 Å². The molecule has 1 aromatic heterocycles. The van der Waals surface area contributed by atoms with Gasteiger partial charge >= 0.3 is 0 Å². The number of furan rings is 1. The molecule has 2 N–H and O–H groups in total. The maximum absolute atomic E-state index is 12.8. The van der Waals surface area contributed by atoms with Crippen molar-refractivity contribution < 1.29 is 14.0 Å². The summed E-state index contributed by atoms with van der Waals surface area (Å²) in [7, 11) is 2.20. The smallest absolute Gasteiger partial charge is 0.291 e. The van der Waals surface area contributed by atoms with Gasteiger partial charge in [-0.3, -0.25) is 14.5 Å². The third-order valence-electron chi connectivity index (χ3n) is 6.30. The summed E-state index contributed by atoms with van der Waals surface area (Å²) < 4.78 is 5.12. The minimum atomic E-state index is -0.353. The Bertz CT molecular complexity index is 1070. The van der Waals surface area contributed by atoms with Crippen molar-refractivity contribution in [3.63, 3.8) is 0 Å². The van der Waals surface area contributed by atoms with Crippen LogP contribution >= 0.6 is 0 Å². The zero-order valence-electron chi connectivity index (χ0n) is 19.0. The van der Waals surface area contributed by atoms with Crippen LogP contribution in [0.2, 0.25) is 0 Å². The summed E-state index contributed by atoms with van der Waals surface area (Å²) in [5.74, 6) is -0.312. The van der Waals surface area contributed by atoms with Gasteiger partial charge in [0.1, 0.15) is 0 Å². The molecule has 1 saturated carbocycles. The molecular formula is C27H31N3O3. The molecule has 3 aromatic rings. The summed E-state index contributed by atoms with van der Waals surface area (Å²) in [6.45, 7) is 1.33. The predicted octanol–water partition coefficient (Wildman–Crippen LogP) is 5.23. The summed E-state index contributed by atoms with van der Waals surface area (Å²) in [6.07, 6.45) is 7.95. The fourth-order valence-corrected chi connectivity index (χ4v) is 4.42. The molecule has 0 spiro atoms. The first kappa shape index (κ1) is 22.8. The number of amides is 2. The fourth-order valence-electron chi connectivity index (χ4n) is 4.42. The van der Waals surface area contributed by atoms with Crippen LogP contribution in [0.1, 0.15) is 64.1 Å². The summed E-state index contributed by atoms with van der Waals surface area (Å²) in [5.41, 5.74) is 3.39. The monoisotopic (exact) mass is 445 g/mol. The van der Waals surface area contributed by atoms with Crippen molar-refractivity contribution in [1.29, 1.82) is 0 Å². The largest absolute Gasteiger partial charge is 0.459 e. The number of nitrogens with one attached hydrogen (secondary N) is 2. The van der Waals surface area contributed by atoms with Gasteiger partial charge in [0.25, 0.3) is 11.8 Å². The first-order valence-electron chi connectivity index (χ1n) is 11.6. The molecule has 4 rings (SSSR count). The quantitative estimate of drug-likeness (QED) is 0.498. The van der Waals surface area contributed by atoms with E-state index in [9.17, 15) is 9.59 Å². The van der Waals surface area contributed by atoms with Gasteiger partial charge in [-0.2, -0.15) is 0 Å². The molecule has 0 radical (unpaired) electrons. The van der Waals surface area contributed by atoms with E-state index in [1.807, 2.05) is 6.07 Å². The van der Waals surface area contributed by atoms with Crippen LogP contribution in [0.3, 0.4) is 0 Å². The number of anilines is 1. The molecule has 0 unspecified atom stereocenters. The van der Waals surface area contributed by atoms with Crippen LogP contribution in [0.5, 0.6) is 0 Å². The molecule has 2 aromatic carbocycles. The topological polar surface area (TPSA) is 74.6 Å². The summed E-state index contributed by atoms with van der Waals surface area (Å²) in [6, 6.07) is 19.1. The van der Waals surface area contributed by atoms with Crippen molar-refractivity contribution in [2.24, 2.45) is 0 Å². The number of rotatable bonds is 8. The van der Waals surface area contributed by atoms with Crippen LogP contribution in [0.15, 0.2) is 71.3 Å². The van der Waals surface area contributed by atoms with Crippen LogP contribution in [-0.2, 0) is 13.1 Å². The lowest BCUT2D eigenvalue weighted by atomic mass is 9.94. The maximum atomic E-state index is 12.8. The summed E-state index contributed by atoms with van der Waals surface area (Å²) in [5, 5.41) is 5.78. The highest BCUT2D eigenvalue weighted by atomic mass is 16.3. The number of hydrogen-bond donors (Lipinski definition) is 2. The number of hydrogen-bond acceptors (Lipinski definition) is 4. The molecule has 0 aliphatic heterocycles. The molecule has 172 valence electrons. The molecular weight excluding hydrogens is 414 g/mol. The Morgan fingerprint density at radius 3 is 2.48 bits per heavy atom. The SMILES string of the molecule is CN(Cc1ccccc1CNC(=O)c1cccc(NC(=O)c2ccco2)c1)C1CCCCC1. The van der Waals surface area contributed by atoms with Gasteiger partial charge in [0, 0.05) is 30.4 Å². The standard InChI is InChI=1S/C27H31N3O3/c1-30(24-13-3-2-4-14-24)19-22-10-6-5-9-21(22)18-28-26(31)20-11-7-12-23(17-20)29-27(32)25-15-8-16-33-25/h5-12,15-17,24H,2-4,13-14,18-19H2,1H3,(H,28,31)(H,29,32). The molecule has 2 amide bonds. The number of nitrogens with zero attached hydrogens (tertiary/aromatic N) is 1. The predicted molar refractivity (Wildman–Crippen MR) is 129 cm³/mol. The highest BCUT2D eigenvalue weighted by molar-refractivity contribution is 6.03. The number of carbonyl (C=O) groups excluding carboxylic acids is 2. The van der Waals surface area contributed by atoms with E-state index in [4.69, 9.17) is 4.42 Å². The number of benzene rings is 2. The van der Waals surface area contributed by atoms with Gasteiger partial charge < -0.3 is 15.1 Å². The molecule has 6 nitrogen and oxygen atoms in total. The second kappa shape index (κ2) is 11.0. The molecule has 1 fully saturated rings. The Morgan fingerprint density at radius 1 is 0.939 bits per heavy atom. The highest BCUT2D eigenvalue weighted by Crippen LogP contribution is 2.23. The van der Waals surface area contributed by atoms with Crippen molar-refractivity contribution in [2.45, 2.75) is 51.2 Å². The molecule has 1 heterocycles. The molecule has 33 heavy (non-hydrogen) atoms. The average molecular weight is 446 g/mol. The third-order valence-corrected chi connectivity index (χ3v) is 6.30. The Morgan fingerprint density at radius 2 is 1.73 bits per heavy atom. The lowest BCUT2D eigenvalue weighted by molar-refractivity contribution is 0.0948. The van der Waals surface area contributed by atoms with E-state index in [2.05, 4.69) is 40.8 Å². The molecule has 1 aliphatic rings. The van der Waals surface area contributed by atoms with E-state index in [-0.39, 0.29) is 17.6 Å². The molecule has 0 bridgehead atoms. The van der Waals surface area contributed by atoms with Gasteiger partial charge in [0.2, 0.25) is 0 Å². The normalized spacial score (nSPS) is 14.2. The molecule has 6 heteroatoms. The first-order valence-corrected chi connectivity index (χ1v) is 11.6. The van der Waals surface area contributed by atoms with Crippen LogP contribution in [0, 0.1) is 0 Å². The minimum absolute atomic E-state index is 0.181. The number of carbonyl (C=O) groups is 2. The van der Waals surface area contributed by atoms with Crippen molar-refractivity contribution in [3.8, 4) is 0 Å². The zero-order chi connectivity index (χ0) is 23.0. The van der Waals surface area contributed by atoms with E-state index in [0.717, 1.165) is 12.1 Å². The Balaban J connectivity index is 1.36. The maximum Gasteiger partial charge on any atom is 0.291 e. The first-order chi connectivity index (χ1) is 16.1. The average Bonchev–Trinajstić information content (AvgIpc) is 3.39. The third kappa shape index (κ3) is 6.11. The van der Waals surface area contributed by atoms with Gasteiger partial charge in [0.15, 0.2) is 5.76 Å². The van der Waals surface area contributed by atoms with Crippen molar-refractivity contribution in [1.82, 2.24) is 10.2 Å². The van der Waals surface area contributed by atoms with Crippen LogP contribution in [-0.4, -0.2) is 29.8 Å². The Hall–Kier alpha value is -3.38. The van der Waals surface area contributed by atoms with E-state index in [0.29, 0.717) is 23.8 Å². The molecule has 1 aliphatic carbocycles. The summed E-state index contributed by atoms with van der Waals surface area (Å²) >= 11 is 0. The minimum Gasteiger partial charge on any atom is -0.459 e. The van der Waals surface area contributed by atoms with E-state index in [1.54, 1.807) is 36.4 Å². The summed E-state index contributed by atoms with van der Waals surface area (Å²) in [4.78, 5) is 27.5. The van der Waals surface area contributed by atoms with Gasteiger partial charge in [-0.1, -0.05) is 49.6 Å². The van der Waals surface area contributed by atoms with Gasteiger partial charge in [-0.15, -0.1) is 0 Å². The highest BCUT2D eigenvalue weighted by Gasteiger charge is 2.19.